The van der Waals surface area contributed by atoms with Gasteiger partial charge in [-0.3, -0.25) is 4.98 Å². The van der Waals surface area contributed by atoms with Gasteiger partial charge in [0.05, 0.1) is 10.1 Å². The average Bonchev–Trinajstić information content (AvgIpc) is 2.68. The van der Waals surface area contributed by atoms with Crippen LogP contribution in [0.4, 0.5) is 10.5 Å². The molecule has 1 aliphatic rings. The minimum atomic E-state index is -3.34. The maximum absolute atomic E-state index is 12.8. The van der Waals surface area contributed by atoms with Crippen molar-refractivity contribution in [2.45, 2.75) is 29.5 Å². The zero-order valence-electron chi connectivity index (χ0n) is 15.3. The van der Waals surface area contributed by atoms with Gasteiger partial charge < -0.3 is 15.5 Å². The molecule has 1 saturated heterocycles. The summed E-state index contributed by atoms with van der Waals surface area (Å²) in [6.45, 7) is 1.97. The van der Waals surface area contributed by atoms with Gasteiger partial charge in [-0.25, -0.2) is 13.2 Å². The number of nitrogens with zero attached hydrogens (tertiary/aromatic N) is 2. The fraction of sp³-hybridized carbons (Fsp3) is 0.368. The zero-order valence-corrected chi connectivity index (χ0v) is 16.1. The maximum atomic E-state index is 12.8. The van der Waals surface area contributed by atoms with E-state index < -0.39 is 9.84 Å². The number of likely N-dealkylation sites (tertiary alicyclic amines) is 1. The molecule has 2 amide bonds. The smallest absolute Gasteiger partial charge is 0.319 e. The lowest BCUT2D eigenvalue weighted by Gasteiger charge is -2.28. The minimum absolute atomic E-state index is 0.305. The van der Waals surface area contributed by atoms with Crippen LogP contribution in [-0.4, -0.2) is 49.7 Å². The van der Waals surface area contributed by atoms with E-state index in [4.69, 9.17) is 0 Å². The Labute approximate surface area is 159 Å². The van der Waals surface area contributed by atoms with Crippen LogP contribution in [0.25, 0.3) is 0 Å². The molecule has 0 spiro atoms. The third-order valence-corrected chi connectivity index (χ3v) is 7.03. The van der Waals surface area contributed by atoms with Gasteiger partial charge in [0, 0.05) is 24.6 Å². The topological polar surface area (TPSA) is 91.4 Å². The van der Waals surface area contributed by atoms with Crippen molar-refractivity contribution in [1.29, 1.82) is 0 Å². The standard InChI is InChI=1S/C19H24N4O3S/c1-23-12-8-18(9-13-23)27(25,26)17-4-2-16(3-5-17)22-19(24)21-14-15-6-10-20-11-7-15/h2-7,10-11,18H,8-9,12-14H2,1H3,(H2,21,22,24). The van der Waals surface area contributed by atoms with Crippen molar-refractivity contribution in [3.8, 4) is 0 Å². The molecule has 2 heterocycles. The Morgan fingerprint density at radius 1 is 1.11 bits per heavy atom. The first-order chi connectivity index (χ1) is 12.9. The van der Waals surface area contributed by atoms with Crippen LogP contribution in [0.2, 0.25) is 0 Å². The summed E-state index contributed by atoms with van der Waals surface area (Å²) in [7, 11) is -1.33. The first-order valence-electron chi connectivity index (χ1n) is 8.91. The highest BCUT2D eigenvalue weighted by Gasteiger charge is 2.30. The Bertz CT molecular complexity index is 862. The molecule has 1 aromatic carbocycles. The maximum Gasteiger partial charge on any atom is 0.319 e. The summed E-state index contributed by atoms with van der Waals surface area (Å²) >= 11 is 0. The molecule has 0 bridgehead atoms. The molecule has 8 heteroatoms. The highest BCUT2D eigenvalue weighted by molar-refractivity contribution is 7.92. The van der Waals surface area contributed by atoms with E-state index in [1.54, 1.807) is 36.7 Å². The Kier molecular flexibility index (Phi) is 6.08. The second-order valence-electron chi connectivity index (χ2n) is 6.74. The number of piperidine rings is 1. The van der Waals surface area contributed by atoms with E-state index in [9.17, 15) is 13.2 Å². The second-order valence-corrected chi connectivity index (χ2v) is 8.96. The van der Waals surface area contributed by atoms with E-state index in [1.165, 1.54) is 0 Å². The summed E-state index contributed by atoms with van der Waals surface area (Å²) in [4.78, 5) is 18.4. The molecule has 1 aromatic heterocycles. The number of nitrogens with one attached hydrogen (secondary N) is 2. The largest absolute Gasteiger partial charge is 0.334 e. The van der Waals surface area contributed by atoms with Gasteiger partial charge in [-0.1, -0.05) is 0 Å². The monoisotopic (exact) mass is 388 g/mol. The molecular formula is C19H24N4O3S. The van der Waals surface area contributed by atoms with E-state index in [-0.39, 0.29) is 11.3 Å². The van der Waals surface area contributed by atoms with Crippen molar-refractivity contribution < 1.29 is 13.2 Å². The van der Waals surface area contributed by atoms with Crippen molar-refractivity contribution in [3.05, 3.63) is 54.4 Å². The number of rotatable bonds is 5. The quantitative estimate of drug-likeness (QED) is 0.820. The van der Waals surface area contributed by atoms with Crippen LogP contribution in [0.5, 0.6) is 0 Å². The molecule has 1 fully saturated rings. The van der Waals surface area contributed by atoms with Crippen molar-refractivity contribution in [2.24, 2.45) is 0 Å². The van der Waals surface area contributed by atoms with Gasteiger partial charge in [0.15, 0.2) is 9.84 Å². The van der Waals surface area contributed by atoms with E-state index >= 15 is 0 Å². The molecular weight excluding hydrogens is 364 g/mol. The molecule has 144 valence electrons. The molecule has 0 atom stereocenters. The molecule has 2 N–H and O–H groups in total. The fourth-order valence-corrected chi connectivity index (χ4v) is 4.81. The van der Waals surface area contributed by atoms with Crippen molar-refractivity contribution >= 4 is 21.6 Å². The lowest BCUT2D eigenvalue weighted by Crippen LogP contribution is -2.37. The Hall–Kier alpha value is -2.45. The summed E-state index contributed by atoms with van der Waals surface area (Å²) in [6.07, 6.45) is 4.63. The molecule has 0 aliphatic carbocycles. The van der Waals surface area contributed by atoms with Gasteiger partial charge >= 0.3 is 6.03 Å². The minimum Gasteiger partial charge on any atom is -0.334 e. The number of hydrogen-bond acceptors (Lipinski definition) is 5. The predicted molar refractivity (Wildman–Crippen MR) is 104 cm³/mol. The van der Waals surface area contributed by atoms with Gasteiger partial charge in [0.25, 0.3) is 0 Å². The number of hydrogen-bond donors (Lipinski definition) is 2. The number of carbonyl (C=O) groups excluding carboxylic acids is 1. The molecule has 0 saturated carbocycles. The van der Waals surface area contributed by atoms with Gasteiger partial charge in [-0.15, -0.1) is 0 Å². The summed E-state index contributed by atoms with van der Waals surface area (Å²) < 4.78 is 25.5. The number of urea groups is 1. The summed E-state index contributed by atoms with van der Waals surface area (Å²) in [5, 5.41) is 5.12. The van der Waals surface area contributed by atoms with E-state index in [0.717, 1.165) is 18.7 Å². The summed E-state index contributed by atoms with van der Waals surface area (Å²) in [5.41, 5.74) is 1.49. The van der Waals surface area contributed by atoms with E-state index in [1.807, 2.05) is 19.2 Å². The molecule has 1 aliphatic heterocycles. The van der Waals surface area contributed by atoms with Crippen molar-refractivity contribution in [1.82, 2.24) is 15.2 Å². The predicted octanol–water partition coefficient (Wildman–Crippen LogP) is 2.27. The van der Waals surface area contributed by atoms with Crippen LogP contribution in [-0.2, 0) is 16.4 Å². The lowest BCUT2D eigenvalue weighted by molar-refractivity contribution is 0.251. The molecule has 7 nitrogen and oxygen atoms in total. The number of carbonyl (C=O) groups is 1. The van der Waals surface area contributed by atoms with Gasteiger partial charge in [-0.2, -0.15) is 0 Å². The van der Waals surface area contributed by atoms with E-state index in [2.05, 4.69) is 20.5 Å². The summed E-state index contributed by atoms with van der Waals surface area (Å²) in [5.74, 6) is 0. The first kappa shape index (κ1) is 19.3. The van der Waals surface area contributed by atoms with E-state index in [0.29, 0.717) is 30.0 Å². The number of anilines is 1. The van der Waals surface area contributed by atoms with Crippen LogP contribution in [0.1, 0.15) is 18.4 Å². The zero-order chi connectivity index (χ0) is 19.3. The number of benzene rings is 1. The SMILES string of the molecule is CN1CCC(S(=O)(=O)c2ccc(NC(=O)NCc3ccncc3)cc2)CC1. The molecule has 0 unspecified atom stereocenters. The van der Waals surface area contributed by atoms with Crippen LogP contribution in [0, 0.1) is 0 Å². The van der Waals surface area contributed by atoms with Gasteiger partial charge in [0.1, 0.15) is 0 Å². The Balaban J connectivity index is 1.57. The van der Waals surface area contributed by atoms with Crippen molar-refractivity contribution in [2.75, 3.05) is 25.5 Å². The van der Waals surface area contributed by atoms with Crippen LogP contribution in [0.15, 0.2) is 53.7 Å². The number of aromatic nitrogens is 1. The first-order valence-corrected chi connectivity index (χ1v) is 10.5. The molecule has 27 heavy (non-hydrogen) atoms. The molecule has 3 rings (SSSR count). The normalized spacial score (nSPS) is 16.0. The fourth-order valence-electron chi connectivity index (χ4n) is 3.07. The molecule has 0 radical (unpaired) electrons. The molecule has 2 aromatic rings. The van der Waals surface area contributed by atoms with Crippen molar-refractivity contribution in [3.63, 3.8) is 0 Å². The summed E-state index contributed by atoms with van der Waals surface area (Å²) in [6, 6.07) is 9.66. The highest BCUT2D eigenvalue weighted by Crippen LogP contribution is 2.25. The number of pyridine rings is 1. The van der Waals surface area contributed by atoms with Crippen LogP contribution < -0.4 is 10.6 Å². The lowest BCUT2D eigenvalue weighted by atomic mass is 10.1. The third kappa shape index (κ3) is 5.05. The van der Waals surface area contributed by atoms with Gasteiger partial charge in [-0.05, 0) is 74.9 Å². The number of amides is 2. The number of sulfone groups is 1. The highest BCUT2D eigenvalue weighted by atomic mass is 32.2. The second kappa shape index (κ2) is 8.49. The third-order valence-electron chi connectivity index (χ3n) is 4.75. The Morgan fingerprint density at radius 2 is 1.74 bits per heavy atom. The Morgan fingerprint density at radius 3 is 2.37 bits per heavy atom. The van der Waals surface area contributed by atoms with Crippen LogP contribution >= 0.6 is 0 Å². The van der Waals surface area contributed by atoms with Crippen LogP contribution in [0.3, 0.4) is 0 Å². The average molecular weight is 388 g/mol. The van der Waals surface area contributed by atoms with Gasteiger partial charge in [0.2, 0.25) is 0 Å².